The average Bonchev–Trinajstić information content (AvgIpc) is 2.90. The summed E-state index contributed by atoms with van der Waals surface area (Å²) < 4.78 is 0. The molecule has 0 aromatic carbocycles. The molecule has 118 valence electrons. The zero-order chi connectivity index (χ0) is 14.1. The number of amides is 1. The Morgan fingerprint density at radius 3 is 2.55 bits per heavy atom. The molecule has 1 amide bonds. The Kier molecular flexibility index (Phi) is 10.9. The van der Waals surface area contributed by atoms with Crippen molar-refractivity contribution in [3.05, 3.63) is 0 Å². The fraction of sp³-hybridized carbons (Fsp3) is 0.857. The quantitative estimate of drug-likeness (QED) is 0.366. The van der Waals surface area contributed by atoms with Crippen molar-refractivity contribution in [3.8, 4) is 0 Å². The number of carbonyl (C=O) groups is 1. The van der Waals surface area contributed by atoms with Gasteiger partial charge in [-0.2, -0.15) is 0 Å². The number of hydrogen-bond donors (Lipinski definition) is 3. The lowest BCUT2D eigenvalue weighted by atomic mass is 10.2. The summed E-state index contributed by atoms with van der Waals surface area (Å²) >= 11 is 0. The van der Waals surface area contributed by atoms with Crippen LogP contribution in [0.4, 0.5) is 0 Å². The van der Waals surface area contributed by atoms with Gasteiger partial charge >= 0.3 is 0 Å². The summed E-state index contributed by atoms with van der Waals surface area (Å²) in [6.07, 6.45) is 6.47. The molecular weight excluding hydrogens is 367 g/mol. The molecule has 0 aliphatic heterocycles. The first-order valence-electron chi connectivity index (χ1n) is 7.42. The van der Waals surface area contributed by atoms with Crippen LogP contribution >= 0.6 is 24.0 Å². The Balaban J connectivity index is 0.00000361. The van der Waals surface area contributed by atoms with E-state index >= 15 is 0 Å². The van der Waals surface area contributed by atoms with Crippen LogP contribution in [0.25, 0.3) is 0 Å². The largest absolute Gasteiger partial charge is 0.356 e. The maximum atomic E-state index is 11.6. The van der Waals surface area contributed by atoms with Crippen molar-refractivity contribution in [2.24, 2.45) is 4.99 Å². The van der Waals surface area contributed by atoms with Gasteiger partial charge in [0.25, 0.3) is 0 Å². The summed E-state index contributed by atoms with van der Waals surface area (Å²) in [5.41, 5.74) is 0. The van der Waals surface area contributed by atoms with Gasteiger partial charge in [0.1, 0.15) is 0 Å². The molecule has 5 nitrogen and oxygen atoms in total. The Morgan fingerprint density at radius 1 is 1.35 bits per heavy atom. The number of halogens is 1. The molecule has 0 aromatic heterocycles. The van der Waals surface area contributed by atoms with Crippen LogP contribution in [0, 0.1) is 0 Å². The summed E-state index contributed by atoms with van der Waals surface area (Å²) in [5, 5.41) is 9.55. The third kappa shape index (κ3) is 7.91. The topological polar surface area (TPSA) is 65.5 Å². The lowest BCUT2D eigenvalue weighted by Crippen LogP contribution is -2.43. The van der Waals surface area contributed by atoms with Gasteiger partial charge < -0.3 is 16.0 Å². The fourth-order valence-corrected chi connectivity index (χ4v) is 2.20. The summed E-state index contributed by atoms with van der Waals surface area (Å²) in [5.74, 6) is 0.904. The molecule has 1 saturated carbocycles. The number of rotatable bonds is 6. The monoisotopic (exact) mass is 396 g/mol. The molecule has 3 N–H and O–H groups in total. The summed E-state index contributed by atoms with van der Waals surface area (Å²) in [6.45, 7) is 4.71. The van der Waals surface area contributed by atoms with Crippen LogP contribution in [-0.2, 0) is 4.79 Å². The predicted octanol–water partition coefficient (Wildman–Crippen LogP) is 2.02. The zero-order valence-corrected chi connectivity index (χ0v) is 15.2. The van der Waals surface area contributed by atoms with E-state index in [1.807, 2.05) is 6.92 Å². The van der Waals surface area contributed by atoms with Gasteiger partial charge in [-0.05, 0) is 26.2 Å². The van der Waals surface area contributed by atoms with Crippen LogP contribution in [0.3, 0.4) is 0 Å². The highest BCUT2D eigenvalue weighted by Gasteiger charge is 2.15. The SMILES string of the molecule is CCC(C)NC(=O)CCNC(=NC)NC1CCCC1.I. The minimum absolute atomic E-state index is 0. The first-order chi connectivity index (χ1) is 9.15. The number of nitrogens with one attached hydrogen (secondary N) is 3. The van der Waals surface area contributed by atoms with E-state index in [1.54, 1.807) is 7.05 Å². The van der Waals surface area contributed by atoms with E-state index in [2.05, 4.69) is 27.9 Å². The van der Waals surface area contributed by atoms with Crippen LogP contribution in [0.5, 0.6) is 0 Å². The van der Waals surface area contributed by atoms with Crippen LogP contribution in [0.15, 0.2) is 4.99 Å². The number of guanidine groups is 1. The van der Waals surface area contributed by atoms with Crippen LogP contribution in [-0.4, -0.2) is 37.5 Å². The highest BCUT2D eigenvalue weighted by atomic mass is 127. The minimum atomic E-state index is 0. The van der Waals surface area contributed by atoms with Gasteiger partial charge in [-0.15, -0.1) is 24.0 Å². The van der Waals surface area contributed by atoms with E-state index in [-0.39, 0.29) is 35.9 Å². The normalized spacial score (nSPS) is 17.2. The third-order valence-electron chi connectivity index (χ3n) is 3.58. The minimum Gasteiger partial charge on any atom is -0.356 e. The molecule has 0 radical (unpaired) electrons. The van der Waals surface area contributed by atoms with Gasteiger partial charge in [0.05, 0.1) is 0 Å². The number of hydrogen-bond acceptors (Lipinski definition) is 2. The average molecular weight is 396 g/mol. The molecular formula is C14H29IN4O. The fourth-order valence-electron chi connectivity index (χ4n) is 2.20. The van der Waals surface area contributed by atoms with Crippen molar-refractivity contribution in [1.82, 2.24) is 16.0 Å². The molecule has 1 atom stereocenters. The highest BCUT2D eigenvalue weighted by molar-refractivity contribution is 14.0. The number of aliphatic imine (C=N–C) groups is 1. The van der Waals surface area contributed by atoms with Crippen LogP contribution < -0.4 is 16.0 Å². The molecule has 1 fully saturated rings. The second-order valence-corrected chi connectivity index (χ2v) is 5.25. The Morgan fingerprint density at radius 2 is 2.00 bits per heavy atom. The summed E-state index contributed by atoms with van der Waals surface area (Å²) in [7, 11) is 1.77. The van der Waals surface area contributed by atoms with Gasteiger partial charge in [-0.25, -0.2) is 0 Å². The van der Waals surface area contributed by atoms with E-state index in [0.717, 1.165) is 12.4 Å². The second-order valence-electron chi connectivity index (χ2n) is 5.25. The molecule has 1 rings (SSSR count). The van der Waals surface area contributed by atoms with Crippen molar-refractivity contribution in [3.63, 3.8) is 0 Å². The molecule has 6 heteroatoms. The molecule has 20 heavy (non-hydrogen) atoms. The molecule has 0 aromatic rings. The van der Waals surface area contributed by atoms with E-state index < -0.39 is 0 Å². The predicted molar refractivity (Wildman–Crippen MR) is 94.7 cm³/mol. The first kappa shape index (κ1) is 19.5. The van der Waals surface area contributed by atoms with Gasteiger partial charge in [-0.1, -0.05) is 19.8 Å². The van der Waals surface area contributed by atoms with Crippen molar-refractivity contribution >= 4 is 35.8 Å². The summed E-state index contributed by atoms with van der Waals surface area (Å²) in [4.78, 5) is 15.8. The Labute approximate surface area is 139 Å². The van der Waals surface area contributed by atoms with E-state index in [1.165, 1.54) is 25.7 Å². The second kappa shape index (κ2) is 11.2. The lowest BCUT2D eigenvalue weighted by molar-refractivity contribution is -0.121. The van der Waals surface area contributed by atoms with E-state index in [4.69, 9.17) is 0 Å². The first-order valence-corrected chi connectivity index (χ1v) is 7.42. The van der Waals surface area contributed by atoms with Gasteiger partial charge in [0.15, 0.2) is 5.96 Å². The molecule has 1 aliphatic carbocycles. The van der Waals surface area contributed by atoms with E-state index in [9.17, 15) is 4.79 Å². The molecule has 1 unspecified atom stereocenters. The van der Waals surface area contributed by atoms with Crippen molar-refractivity contribution in [2.75, 3.05) is 13.6 Å². The third-order valence-corrected chi connectivity index (χ3v) is 3.58. The molecule has 0 saturated heterocycles. The lowest BCUT2D eigenvalue weighted by Gasteiger charge is -2.17. The zero-order valence-electron chi connectivity index (χ0n) is 12.9. The maximum absolute atomic E-state index is 11.6. The summed E-state index contributed by atoms with van der Waals surface area (Å²) in [6, 6.07) is 0.795. The maximum Gasteiger partial charge on any atom is 0.221 e. The van der Waals surface area contributed by atoms with Crippen molar-refractivity contribution < 1.29 is 4.79 Å². The van der Waals surface area contributed by atoms with Crippen molar-refractivity contribution in [1.29, 1.82) is 0 Å². The van der Waals surface area contributed by atoms with Crippen molar-refractivity contribution in [2.45, 2.75) is 64.5 Å². The molecule has 1 aliphatic rings. The Bertz CT molecular complexity index is 304. The van der Waals surface area contributed by atoms with Gasteiger partial charge in [-0.3, -0.25) is 9.79 Å². The van der Waals surface area contributed by atoms with Crippen LogP contribution in [0.1, 0.15) is 52.4 Å². The van der Waals surface area contributed by atoms with Gasteiger partial charge in [0, 0.05) is 32.1 Å². The van der Waals surface area contributed by atoms with E-state index in [0.29, 0.717) is 19.0 Å². The molecule has 0 heterocycles. The Hall–Kier alpha value is -0.530. The molecule has 0 bridgehead atoms. The standard InChI is InChI=1S/C14H28N4O.HI/c1-4-11(2)17-13(19)9-10-16-14(15-3)18-12-7-5-6-8-12;/h11-12H,4-10H2,1-3H3,(H,17,19)(H2,15,16,18);1H. The highest BCUT2D eigenvalue weighted by Crippen LogP contribution is 2.17. The van der Waals surface area contributed by atoms with Gasteiger partial charge in [0.2, 0.25) is 5.91 Å². The number of nitrogens with zero attached hydrogens (tertiary/aromatic N) is 1. The smallest absolute Gasteiger partial charge is 0.221 e. The van der Waals surface area contributed by atoms with Crippen LogP contribution in [0.2, 0.25) is 0 Å². The number of carbonyl (C=O) groups excluding carboxylic acids is 1. The molecule has 0 spiro atoms.